The average molecular weight is 373 g/mol. The number of aliphatic hydroxyl groups excluding tert-OH is 1. The molecule has 2 amide bonds. The maximum atomic E-state index is 12.8. The van der Waals surface area contributed by atoms with Crippen molar-refractivity contribution < 1.29 is 19.4 Å². The Morgan fingerprint density at radius 3 is 2.78 bits per heavy atom. The highest BCUT2D eigenvalue weighted by Crippen LogP contribution is 2.18. The first-order valence-electron chi connectivity index (χ1n) is 8.76. The van der Waals surface area contributed by atoms with Crippen molar-refractivity contribution in [2.24, 2.45) is 7.05 Å². The fourth-order valence-electron chi connectivity index (χ4n) is 3.39. The van der Waals surface area contributed by atoms with Crippen molar-refractivity contribution in [1.29, 1.82) is 0 Å². The lowest BCUT2D eigenvalue weighted by molar-refractivity contribution is -0.138. The van der Waals surface area contributed by atoms with Crippen LogP contribution in [0.3, 0.4) is 0 Å². The monoisotopic (exact) mass is 373 g/mol. The molecule has 1 saturated heterocycles. The number of amides is 2. The normalized spacial score (nSPS) is 19.9. The zero-order valence-electron chi connectivity index (χ0n) is 15.3. The van der Waals surface area contributed by atoms with Crippen molar-refractivity contribution in [2.75, 3.05) is 26.8 Å². The van der Waals surface area contributed by atoms with Crippen molar-refractivity contribution in [2.45, 2.75) is 18.6 Å². The number of ether oxygens (including phenoxy) is 1. The number of fused-ring (bicyclic) bond motifs is 1. The van der Waals surface area contributed by atoms with E-state index >= 15 is 0 Å². The molecule has 1 aliphatic rings. The summed E-state index contributed by atoms with van der Waals surface area (Å²) in [6.07, 6.45) is -0.466. The molecule has 0 bridgehead atoms. The van der Waals surface area contributed by atoms with Gasteiger partial charge >= 0.3 is 0 Å². The molecule has 2 N–H and O–H groups in total. The number of nitrogens with one attached hydrogen (secondary N) is 1. The molecule has 8 nitrogen and oxygen atoms in total. The number of carbonyl (C=O) groups is 2. The number of β-amino-alcohol motifs (C(OH)–C–C–N with tert-alkyl or cyclic N) is 1. The number of aryl methyl sites for hydroxylation is 1. The van der Waals surface area contributed by atoms with Gasteiger partial charge in [-0.25, -0.2) is 0 Å². The molecule has 2 aromatic rings. The van der Waals surface area contributed by atoms with E-state index in [0.717, 1.165) is 0 Å². The predicted octanol–water partition coefficient (Wildman–Crippen LogP) is -0.123. The van der Waals surface area contributed by atoms with Gasteiger partial charge in [-0.3, -0.25) is 14.4 Å². The van der Waals surface area contributed by atoms with Gasteiger partial charge in [0.2, 0.25) is 5.91 Å². The Kier molecular flexibility index (Phi) is 5.57. The number of pyridine rings is 1. The molecule has 27 heavy (non-hydrogen) atoms. The number of aromatic nitrogens is 1. The Balaban J connectivity index is 1.77. The lowest BCUT2D eigenvalue weighted by atomic mass is 10.0. The molecular formula is C19H23N3O5. The van der Waals surface area contributed by atoms with Crippen molar-refractivity contribution in [3.63, 3.8) is 0 Å². The lowest BCUT2D eigenvalue weighted by Gasteiger charge is -2.36. The largest absolute Gasteiger partial charge is 0.389 e. The van der Waals surface area contributed by atoms with E-state index in [1.165, 1.54) is 22.6 Å². The minimum absolute atomic E-state index is 0.0386. The summed E-state index contributed by atoms with van der Waals surface area (Å²) in [4.78, 5) is 38.3. The molecule has 2 heterocycles. The molecule has 0 unspecified atom stereocenters. The predicted molar refractivity (Wildman–Crippen MR) is 99.5 cm³/mol. The van der Waals surface area contributed by atoms with Crippen LogP contribution in [-0.2, 0) is 16.6 Å². The molecule has 1 aromatic heterocycles. The Morgan fingerprint density at radius 2 is 2.07 bits per heavy atom. The van der Waals surface area contributed by atoms with E-state index in [9.17, 15) is 19.5 Å². The maximum Gasteiger partial charge on any atom is 0.252 e. The van der Waals surface area contributed by atoms with Gasteiger partial charge < -0.3 is 24.6 Å². The number of likely N-dealkylation sites (tertiary alicyclic amines) is 1. The zero-order chi connectivity index (χ0) is 19.6. The summed E-state index contributed by atoms with van der Waals surface area (Å²) < 4.78 is 6.32. The number of benzene rings is 1. The number of rotatable bonds is 4. The van der Waals surface area contributed by atoms with Crippen molar-refractivity contribution >= 4 is 22.7 Å². The number of carbonyl (C=O) groups excluding carboxylic acids is 2. The Bertz CT molecular complexity index is 923. The molecule has 1 aliphatic heterocycles. The van der Waals surface area contributed by atoms with Crippen molar-refractivity contribution in [1.82, 2.24) is 14.8 Å². The summed E-state index contributed by atoms with van der Waals surface area (Å²) in [5.41, 5.74) is 0.661. The topological polar surface area (TPSA) is 101 Å². The number of hydrogen-bond acceptors (Lipinski definition) is 5. The number of aliphatic hydroxyl groups is 1. The quantitative estimate of drug-likeness (QED) is 0.778. The van der Waals surface area contributed by atoms with Gasteiger partial charge in [0, 0.05) is 38.7 Å². The molecule has 0 aliphatic carbocycles. The number of methoxy groups -OCH3 is 1. The summed E-state index contributed by atoms with van der Waals surface area (Å²) >= 11 is 0. The van der Waals surface area contributed by atoms with Gasteiger partial charge in [-0.1, -0.05) is 18.2 Å². The second kappa shape index (κ2) is 7.89. The first-order chi connectivity index (χ1) is 12.9. The molecule has 0 radical (unpaired) electrons. The van der Waals surface area contributed by atoms with Crippen LogP contribution in [0.1, 0.15) is 16.8 Å². The van der Waals surface area contributed by atoms with Crippen LogP contribution in [0.5, 0.6) is 0 Å². The highest BCUT2D eigenvalue weighted by atomic mass is 16.5. The lowest BCUT2D eigenvalue weighted by Crippen LogP contribution is -2.55. The standard InChI is InChI=1S/C19H23N3O5/c1-21-15-6-4-3-5-12(15)13(9-17(21)24)19(26)20-14-7-8-22(10-16(14)23)18(25)11-27-2/h3-6,9,14,16,23H,7-8,10-11H2,1-2H3,(H,20,26)/t14-,16-/m1/s1. The van der Waals surface area contributed by atoms with Gasteiger partial charge in [0.15, 0.2) is 0 Å². The highest BCUT2D eigenvalue weighted by molar-refractivity contribution is 6.06. The first kappa shape index (κ1) is 19.1. The van der Waals surface area contributed by atoms with Gasteiger partial charge in [-0.05, 0) is 12.5 Å². The first-order valence-corrected chi connectivity index (χ1v) is 8.76. The van der Waals surface area contributed by atoms with Gasteiger partial charge in [-0.2, -0.15) is 0 Å². The average Bonchev–Trinajstić information content (AvgIpc) is 2.66. The maximum absolute atomic E-state index is 12.8. The molecule has 144 valence electrons. The minimum Gasteiger partial charge on any atom is -0.389 e. The van der Waals surface area contributed by atoms with Crippen LogP contribution in [0.2, 0.25) is 0 Å². The van der Waals surface area contributed by atoms with E-state index in [1.54, 1.807) is 31.3 Å². The Hall–Kier alpha value is -2.71. The molecule has 1 aromatic carbocycles. The van der Waals surface area contributed by atoms with Crippen LogP contribution in [0, 0.1) is 0 Å². The Labute approximate surface area is 156 Å². The number of piperidine rings is 1. The van der Waals surface area contributed by atoms with Crippen molar-refractivity contribution in [3.05, 3.63) is 46.2 Å². The van der Waals surface area contributed by atoms with Crippen LogP contribution in [-0.4, -0.2) is 65.3 Å². The third-order valence-electron chi connectivity index (χ3n) is 4.92. The van der Waals surface area contributed by atoms with E-state index < -0.39 is 18.1 Å². The van der Waals surface area contributed by atoms with Crippen LogP contribution in [0.25, 0.3) is 10.9 Å². The third kappa shape index (κ3) is 3.86. The van der Waals surface area contributed by atoms with Gasteiger partial charge in [0.1, 0.15) is 6.61 Å². The Morgan fingerprint density at radius 1 is 1.33 bits per heavy atom. The van der Waals surface area contributed by atoms with E-state index in [1.807, 2.05) is 0 Å². The molecular weight excluding hydrogens is 350 g/mol. The smallest absolute Gasteiger partial charge is 0.252 e. The number of para-hydroxylation sites is 1. The van der Waals surface area contributed by atoms with E-state index in [2.05, 4.69) is 5.32 Å². The van der Waals surface area contributed by atoms with E-state index in [-0.39, 0.29) is 30.2 Å². The van der Waals surface area contributed by atoms with E-state index in [4.69, 9.17) is 4.74 Å². The molecule has 8 heteroatoms. The molecule has 0 saturated carbocycles. The summed E-state index contributed by atoms with van der Waals surface area (Å²) in [7, 11) is 3.10. The summed E-state index contributed by atoms with van der Waals surface area (Å²) in [5, 5.41) is 13.8. The van der Waals surface area contributed by atoms with Crippen LogP contribution in [0.4, 0.5) is 0 Å². The fourth-order valence-corrected chi connectivity index (χ4v) is 3.39. The van der Waals surface area contributed by atoms with Gasteiger partial charge in [0.25, 0.3) is 11.5 Å². The third-order valence-corrected chi connectivity index (χ3v) is 4.92. The summed E-state index contributed by atoms with van der Waals surface area (Å²) in [6.45, 7) is 0.509. The zero-order valence-corrected chi connectivity index (χ0v) is 15.3. The van der Waals surface area contributed by atoms with Crippen molar-refractivity contribution in [3.8, 4) is 0 Å². The van der Waals surface area contributed by atoms with E-state index in [0.29, 0.717) is 23.9 Å². The number of hydrogen-bond donors (Lipinski definition) is 2. The van der Waals surface area contributed by atoms with Crippen LogP contribution in [0.15, 0.2) is 35.1 Å². The van der Waals surface area contributed by atoms with Gasteiger partial charge in [0.05, 0.1) is 23.2 Å². The van der Waals surface area contributed by atoms with Crippen LogP contribution < -0.4 is 10.9 Å². The molecule has 0 spiro atoms. The van der Waals surface area contributed by atoms with Gasteiger partial charge in [-0.15, -0.1) is 0 Å². The molecule has 3 rings (SSSR count). The fraction of sp³-hybridized carbons (Fsp3) is 0.421. The minimum atomic E-state index is -0.888. The number of nitrogens with zero attached hydrogens (tertiary/aromatic N) is 2. The molecule has 1 fully saturated rings. The summed E-state index contributed by atoms with van der Waals surface area (Å²) in [5.74, 6) is -0.608. The second-order valence-electron chi connectivity index (χ2n) is 6.68. The highest BCUT2D eigenvalue weighted by Gasteiger charge is 2.31. The second-order valence-corrected chi connectivity index (χ2v) is 6.68. The summed E-state index contributed by atoms with van der Waals surface area (Å²) in [6, 6.07) is 7.99. The SMILES string of the molecule is COCC(=O)N1CC[C@@H](NC(=O)c2cc(=O)n(C)c3ccccc23)[C@H](O)C1. The van der Waals surface area contributed by atoms with Crippen LogP contribution >= 0.6 is 0 Å². The molecule has 2 atom stereocenters.